The van der Waals surface area contributed by atoms with Gasteiger partial charge in [-0.15, -0.1) is 0 Å². The Balaban J connectivity index is 1.61. The molecule has 1 atom stereocenters. The fraction of sp³-hybridized carbons (Fsp3) is 0.143. The van der Waals surface area contributed by atoms with Crippen LogP contribution in [-0.2, 0) is 20.7 Å². The lowest BCUT2D eigenvalue weighted by Crippen LogP contribution is -2.30. The number of carbonyl (C=O) groups excluding carboxylic acids is 2. The number of nitrogens with one attached hydrogen (secondary N) is 1. The number of para-hydroxylation sites is 2. The number of carbonyl (C=O) groups is 2. The molecule has 0 unspecified atom stereocenters. The molecule has 0 fully saturated rings. The Morgan fingerprint density at radius 3 is 2.46 bits per heavy atom. The third-order valence-corrected chi connectivity index (χ3v) is 4.20. The monoisotopic (exact) mass is 378 g/mol. The van der Waals surface area contributed by atoms with E-state index in [1.807, 2.05) is 42.5 Å². The number of fused-ring (bicyclic) bond motifs is 1. The summed E-state index contributed by atoms with van der Waals surface area (Å²) in [6, 6.07) is 19.2. The summed E-state index contributed by atoms with van der Waals surface area (Å²) in [5.41, 5.74) is 0.593. The summed E-state index contributed by atoms with van der Waals surface area (Å²) >= 11 is 0. The largest absolute Gasteiger partial charge is 0.452 e. The lowest BCUT2D eigenvalue weighted by atomic mass is 10.1. The molecular formula is C21H18N2O5. The Morgan fingerprint density at radius 1 is 1.04 bits per heavy atom. The standard InChI is InChI=1S/C21H18N2O5/c1-14(21(25)22-18-8-4-5-9-19(18)23(26)27)28-20(24)13-15-10-11-16-6-2-3-7-17(16)12-15/h2-12,14H,13H2,1H3,(H,22,25)/t14-/m0/s1. The number of benzene rings is 3. The van der Waals surface area contributed by atoms with Gasteiger partial charge >= 0.3 is 5.97 Å². The van der Waals surface area contributed by atoms with E-state index >= 15 is 0 Å². The van der Waals surface area contributed by atoms with Crippen molar-refractivity contribution in [2.75, 3.05) is 5.32 Å². The molecule has 3 aromatic rings. The van der Waals surface area contributed by atoms with Crippen molar-refractivity contribution in [3.05, 3.63) is 82.4 Å². The first kappa shape index (κ1) is 19.0. The van der Waals surface area contributed by atoms with Crippen molar-refractivity contribution >= 4 is 34.0 Å². The van der Waals surface area contributed by atoms with Gasteiger partial charge in [-0.3, -0.25) is 19.7 Å². The van der Waals surface area contributed by atoms with Gasteiger partial charge in [-0.2, -0.15) is 0 Å². The van der Waals surface area contributed by atoms with Crippen LogP contribution in [0.3, 0.4) is 0 Å². The summed E-state index contributed by atoms with van der Waals surface area (Å²) in [6.07, 6.45) is -1.07. The average molecular weight is 378 g/mol. The van der Waals surface area contributed by atoms with E-state index < -0.39 is 22.9 Å². The third-order valence-electron chi connectivity index (χ3n) is 4.20. The minimum absolute atomic E-state index is 0.0218. The first-order valence-electron chi connectivity index (χ1n) is 8.65. The Labute approximate surface area is 161 Å². The van der Waals surface area contributed by atoms with Gasteiger partial charge in [0.15, 0.2) is 6.10 Å². The molecule has 1 N–H and O–H groups in total. The number of nitro benzene ring substituents is 1. The summed E-state index contributed by atoms with van der Waals surface area (Å²) in [5, 5.41) is 15.5. The van der Waals surface area contributed by atoms with Gasteiger partial charge < -0.3 is 10.1 Å². The molecule has 0 radical (unpaired) electrons. The smallest absolute Gasteiger partial charge is 0.311 e. The van der Waals surface area contributed by atoms with Crippen molar-refractivity contribution in [3.63, 3.8) is 0 Å². The SMILES string of the molecule is C[C@H](OC(=O)Cc1ccc2ccccc2c1)C(=O)Nc1ccccc1[N+](=O)[O-]. The highest BCUT2D eigenvalue weighted by Gasteiger charge is 2.21. The molecule has 0 heterocycles. The number of amides is 1. The third kappa shape index (κ3) is 4.50. The van der Waals surface area contributed by atoms with Crippen LogP contribution in [0, 0.1) is 10.1 Å². The van der Waals surface area contributed by atoms with Crippen LogP contribution < -0.4 is 5.32 Å². The van der Waals surface area contributed by atoms with E-state index in [0.717, 1.165) is 16.3 Å². The molecule has 3 aromatic carbocycles. The quantitative estimate of drug-likeness (QED) is 0.399. The number of nitrogens with zero attached hydrogens (tertiary/aromatic N) is 1. The normalized spacial score (nSPS) is 11.6. The van der Waals surface area contributed by atoms with Crippen molar-refractivity contribution in [1.82, 2.24) is 0 Å². The summed E-state index contributed by atoms with van der Waals surface area (Å²) < 4.78 is 5.18. The highest BCUT2D eigenvalue weighted by molar-refractivity contribution is 5.97. The van der Waals surface area contributed by atoms with E-state index in [-0.39, 0.29) is 17.8 Å². The van der Waals surface area contributed by atoms with Gasteiger partial charge in [-0.25, -0.2) is 0 Å². The summed E-state index contributed by atoms with van der Waals surface area (Å²) in [5.74, 6) is -1.19. The molecule has 1 amide bonds. The zero-order chi connectivity index (χ0) is 20.1. The minimum Gasteiger partial charge on any atom is -0.452 e. The molecule has 0 aliphatic heterocycles. The first-order chi connectivity index (χ1) is 13.4. The topological polar surface area (TPSA) is 98.5 Å². The van der Waals surface area contributed by atoms with Crippen LogP contribution in [0.25, 0.3) is 10.8 Å². The average Bonchev–Trinajstić information content (AvgIpc) is 2.68. The molecule has 0 bridgehead atoms. The van der Waals surface area contributed by atoms with E-state index in [0.29, 0.717) is 0 Å². The van der Waals surface area contributed by atoms with E-state index in [1.54, 1.807) is 6.07 Å². The summed E-state index contributed by atoms with van der Waals surface area (Å²) in [7, 11) is 0. The van der Waals surface area contributed by atoms with Gasteiger partial charge in [-0.1, -0.05) is 54.6 Å². The minimum atomic E-state index is -1.09. The molecule has 142 valence electrons. The second-order valence-corrected chi connectivity index (χ2v) is 6.25. The highest BCUT2D eigenvalue weighted by atomic mass is 16.6. The van der Waals surface area contributed by atoms with Crippen LogP contribution in [-0.4, -0.2) is 22.9 Å². The number of rotatable bonds is 6. The second kappa shape index (κ2) is 8.30. The van der Waals surface area contributed by atoms with Crippen molar-refractivity contribution < 1.29 is 19.2 Å². The second-order valence-electron chi connectivity index (χ2n) is 6.25. The van der Waals surface area contributed by atoms with Crippen LogP contribution in [0.1, 0.15) is 12.5 Å². The van der Waals surface area contributed by atoms with Gasteiger partial charge in [0.25, 0.3) is 11.6 Å². The Hall–Kier alpha value is -3.74. The molecular weight excluding hydrogens is 360 g/mol. The molecule has 28 heavy (non-hydrogen) atoms. The zero-order valence-electron chi connectivity index (χ0n) is 15.1. The van der Waals surface area contributed by atoms with Gasteiger partial charge in [0.1, 0.15) is 5.69 Å². The van der Waals surface area contributed by atoms with E-state index in [2.05, 4.69) is 5.32 Å². The molecule has 0 aliphatic rings. The molecule has 7 nitrogen and oxygen atoms in total. The van der Waals surface area contributed by atoms with Crippen LogP contribution >= 0.6 is 0 Å². The zero-order valence-corrected chi connectivity index (χ0v) is 15.1. The van der Waals surface area contributed by atoms with Gasteiger partial charge in [-0.05, 0) is 29.3 Å². The molecule has 0 saturated heterocycles. The maximum atomic E-state index is 12.2. The number of nitro groups is 1. The maximum Gasteiger partial charge on any atom is 0.311 e. The Bertz CT molecular complexity index is 1050. The Kier molecular flexibility index (Phi) is 5.64. The van der Waals surface area contributed by atoms with Crippen molar-refractivity contribution in [1.29, 1.82) is 0 Å². The first-order valence-corrected chi connectivity index (χ1v) is 8.65. The van der Waals surface area contributed by atoms with Crippen molar-refractivity contribution in [2.24, 2.45) is 0 Å². The fourth-order valence-corrected chi connectivity index (χ4v) is 2.78. The summed E-state index contributed by atoms with van der Waals surface area (Å²) in [4.78, 5) is 34.8. The Morgan fingerprint density at radius 2 is 1.71 bits per heavy atom. The molecule has 7 heteroatoms. The van der Waals surface area contributed by atoms with E-state index in [1.165, 1.54) is 25.1 Å². The number of ether oxygens (including phenoxy) is 1. The number of hydrogen-bond donors (Lipinski definition) is 1. The van der Waals surface area contributed by atoms with E-state index in [9.17, 15) is 19.7 Å². The maximum absolute atomic E-state index is 12.2. The van der Waals surface area contributed by atoms with Crippen LogP contribution in [0.2, 0.25) is 0 Å². The van der Waals surface area contributed by atoms with Gasteiger partial charge in [0.05, 0.1) is 11.3 Å². The molecule has 0 aromatic heterocycles. The predicted molar refractivity (Wildman–Crippen MR) is 105 cm³/mol. The van der Waals surface area contributed by atoms with Crippen molar-refractivity contribution in [2.45, 2.75) is 19.4 Å². The lowest BCUT2D eigenvalue weighted by Gasteiger charge is -2.14. The molecule has 0 aliphatic carbocycles. The number of anilines is 1. The van der Waals surface area contributed by atoms with Crippen molar-refractivity contribution in [3.8, 4) is 0 Å². The molecule has 0 saturated carbocycles. The predicted octanol–water partition coefficient (Wildman–Crippen LogP) is 3.86. The fourth-order valence-electron chi connectivity index (χ4n) is 2.78. The van der Waals surface area contributed by atoms with Gasteiger partial charge in [0.2, 0.25) is 0 Å². The van der Waals surface area contributed by atoms with Crippen LogP contribution in [0.5, 0.6) is 0 Å². The molecule has 3 rings (SSSR count). The number of hydrogen-bond acceptors (Lipinski definition) is 5. The number of esters is 1. The van der Waals surface area contributed by atoms with Crippen LogP contribution in [0.15, 0.2) is 66.7 Å². The lowest BCUT2D eigenvalue weighted by molar-refractivity contribution is -0.383. The molecule has 0 spiro atoms. The van der Waals surface area contributed by atoms with Crippen LogP contribution in [0.4, 0.5) is 11.4 Å². The van der Waals surface area contributed by atoms with E-state index in [4.69, 9.17) is 4.74 Å². The highest BCUT2D eigenvalue weighted by Crippen LogP contribution is 2.23. The summed E-state index contributed by atoms with van der Waals surface area (Å²) in [6.45, 7) is 1.42. The van der Waals surface area contributed by atoms with Gasteiger partial charge in [0, 0.05) is 6.07 Å².